The van der Waals surface area contributed by atoms with Crippen molar-refractivity contribution in [2.24, 2.45) is 0 Å². The van der Waals surface area contributed by atoms with E-state index in [2.05, 4.69) is 5.32 Å². The Morgan fingerprint density at radius 3 is 2.71 bits per heavy atom. The molecule has 2 aromatic rings. The lowest BCUT2D eigenvalue weighted by molar-refractivity contribution is -0.712. The number of amides is 1. The average Bonchev–Trinajstić information content (AvgIpc) is 2.54. The quantitative estimate of drug-likeness (QED) is 0.831. The van der Waals surface area contributed by atoms with Gasteiger partial charge in [0.2, 0.25) is 11.9 Å². The van der Waals surface area contributed by atoms with E-state index in [-0.39, 0.29) is 11.1 Å². The molecular weight excluding hydrogens is 309 g/mol. The van der Waals surface area contributed by atoms with Gasteiger partial charge < -0.3 is 5.11 Å². The normalized spacial score (nSPS) is 20.5. The molecule has 0 aliphatic carbocycles. The molecule has 0 saturated heterocycles. The fraction of sp³-hybridized carbons (Fsp3) is 0.167. The highest BCUT2D eigenvalue weighted by Gasteiger charge is 2.46. The van der Waals surface area contributed by atoms with Gasteiger partial charge in [-0.3, -0.25) is 10.1 Å². The molecule has 1 aliphatic heterocycles. The number of hydrogen-bond acceptors (Lipinski definition) is 3. The van der Waals surface area contributed by atoms with Crippen molar-refractivity contribution in [3.8, 4) is 6.07 Å². The topological polar surface area (TPSA) is 77.0 Å². The Labute approximate surface area is 138 Å². The number of halogens is 1. The molecule has 1 aliphatic rings. The maximum absolute atomic E-state index is 14.4. The molecule has 24 heavy (non-hydrogen) atoms. The van der Waals surface area contributed by atoms with Crippen molar-refractivity contribution in [3.63, 3.8) is 0 Å². The lowest BCUT2D eigenvalue weighted by Gasteiger charge is -2.27. The Kier molecular flexibility index (Phi) is 4.00. The molecule has 6 heteroatoms. The van der Waals surface area contributed by atoms with Crippen LogP contribution in [-0.4, -0.2) is 11.0 Å². The van der Waals surface area contributed by atoms with E-state index in [4.69, 9.17) is 0 Å². The summed E-state index contributed by atoms with van der Waals surface area (Å²) in [5.41, 5.74) is 1.03. The fourth-order valence-electron chi connectivity index (χ4n) is 2.99. The minimum Gasteiger partial charge on any atom is -0.494 e. The van der Waals surface area contributed by atoms with Gasteiger partial charge in [-0.05, 0) is 19.1 Å². The number of nitriles is 1. The molecule has 1 aromatic carbocycles. The number of aliphatic hydroxyl groups excluding tert-OH is 1. The number of aryl methyl sites for hydroxylation is 1. The average molecular weight is 324 g/mol. The maximum atomic E-state index is 14.4. The van der Waals surface area contributed by atoms with Crippen molar-refractivity contribution in [3.05, 3.63) is 77.2 Å². The van der Waals surface area contributed by atoms with Gasteiger partial charge in [0.1, 0.15) is 17.5 Å². The van der Waals surface area contributed by atoms with Crippen LogP contribution < -0.4 is 9.88 Å². The third-order valence-electron chi connectivity index (χ3n) is 4.04. The maximum Gasteiger partial charge on any atom is 0.296 e. The van der Waals surface area contributed by atoms with Crippen molar-refractivity contribution in [1.82, 2.24) is 5.32 Å². The Hall–Kier alpha value is -3.20. The largest absolute Gasteiger partial charge is 0.494 e. The number of aliphatic hydroxyl groups is 1. The summed E-state index contributed by atoms with van der Waals surface area (Å²) in [4.78, 5) is 12.5. The smallest absolute Gasteiger partial charge is 0.296 e. The summed E-state index contributed by atoms with van der Waals surface area (Å²) in [6, 6.07) is 10.6. The highest BCUT2D eigenvalue weighted by molar-refractivity contribution is 5.84. The van der Waals surface area contributed by atoms with Crippen LogP contribution in [0, 0.1) is 24.1 Å². The molecule has 2 heterocycles. The van der Waals surface area contributed by atoms with Crippen LogP contribution in [0.25, 0.3) is 0 Å². The molecule has 0 bridgehead atoms. The van der Waals surface area contributed by atoms with Crippen LogP contribution in [0.2, 0.25) is 0 Å². The summed E-state index contributed by atoms with van der Waals surface area (Å²) in [7, 11) is 0. The van der Waals surface area contributed by atoms with E-state index in [0.717, 1.165) is 5.56 Å². The molecule has 5 nitrogen and oxygen atoms in total. The molecule has 2 unspecified atom stereocenters. The highest BCUT2D eigenvalue weighted by atomic mass is 19.1. The summed E-state index contributed by atoms with van der Waals surface area (Å²) in [6.07, 6.45) is 3.43. The number of nitrogens with zero attached hydrogens (tertiary/aromatic N) is 2. The molecule has 120 valence electrons. The zero-order valence-corrected chi connectivity index (χ0v) is 12.9. The number of nitrogens with one attached hydrogen (secondary N) is 1. The van der Waals surface area contributed by atoms with E-state index in [1.807, 2.05) is 19.1 Å². The second-order valence-corrected chi connectivity index (χ2v) is 5.64. The number of allylic oxidation sites excluding steroid dienone is 1. The summed E-state index contributed by atoms with van der Waals surface area (Å²) in [5, 5.41) is 21.7. The van der Waals surface area contributed by atoms with Crippen LogP contribution in [0.3, 0.4) is 0 Å². The summed E-state index contributed by atoms with van der Waals surface area (Å²) < 4.78 is 16.0. The van der Waals surface area contributed by atoms with Crippen molar-refractivity contribution in [2.75, 3.05) is 0 Å². The van der Waals surface area contributed by atoms with E-state index >= 15 is 0 Å². The van der Waals surface area contributed by atoms with Gasteiger partial charge in [-0.2, -0.15) is 9.83 Å². The van der Waals surface area contributed by atoms with Crippen molar-refractivity contribution in [2.45, 2.75) is 18.9 Å². The molecule has 0 radical (unpaired) electrons. The number of carbonyl (C=O) groups excluding carboxylic acids is 1. The summed E-state index contributed by atoms with van der Waals surface area (Å²) in [5.74, 6) is -2.48. The standard InChI is InChI=1S/C18H14FN3O2/c1-11-5-4-8-22(10-11)16-15(12-6-2-3-7-14(12)19)13(9-20)17(23)21-18(16)24/h2-8,10,15-16H,1H3,(H-,21,23,24)/p+1. The van der Waals surface area contributed by atoms with Crippen LogP contribution in [0.1, 0.15) is 23.1 Å². The van der Waals surface area contributed by atoms with Gasteiger partial charge >= 0.3 is 0 Å². The van der Waals surface area contributed by atoms with Gasteiger partial charge in [0.15, 0.2) is 12.4 Å². The molecule has 0 saturated carbocycles. The van der Waals surface area contributed by atoms with E-state index in [1.165, 1.54) is 18.2 Å². The van der Waals surface area contributed by atoms with E-state index in [0.29, 0.717) is 0 Å². The lowest BCUT2D eigenvalue weighted by atomic mass is 9.82. The Morgan fingerprint density at radius 1 is 1.29 bits per heavy atom. The van der Waals surface area contributed by atoms with Crippen LogP contribution in [0.5, 0.6) is 0 Å². The molecule has 3 rings (SSSR count). The third-order valence-corrected chi connectivity index (χ3v) is 4.04. The van der Waals surface area contributed by atoms with Crippen LogP contribution >= 0.6 is 0 Å². The molecule has 2 atom stereocenters. The summed E-state index contributed by atoms with van der Waals surface area (Å²) in [6.45, 7) is 1.87. The number of carbonyl (C=O) groups is 1. The first kappa shape index (κ1) is 15.7. The van der Waals surface area contributed by atoms with Crippen molar-refractivity contribution in [1.29, 1.82) is 5.26 Å². The van der Waals surface area contributed by atoms with Crippen molar-refractivity contribution >= 4 is 5.91 Å². The molecule has 0 spiro atoms. The molecular formula is C18H15FN3O2+. The first-order valence-corrected chi connectivity index (χ1v) is 7.39. The zero-order chi connectivity index (χ0) is 17.3. The number of benzene rings is 1. The van der Waals surface area contributed by atoms with Gasteiger partial charge in [-0.25, -0.2) is 4.39 Å². The minimum absolute atomic E-state index is 0.0706. The second kappa shape index (κ2) is 6.13. The van der Waals surface area contributed by atoms with Crippen LogP contribution in [-0.2, 0) is 4.79 Å². The predicted octanol–water partition coefficient (Wildman–Crippen LogP) is 2.17. The summed E-state index contributed by atoms with van der Waals surface area (Å²) >= 11 is 0. The lowest BCUT2D eigenvalue weighted by Crippen LogP contribution is -2.54. The van der Waals surface area contributed by atoms with E-state index in [1.54, 1.807) is 29.1 Å². The zero-order valence-electron chi connectivity index (χ0n) is 12.9. The predicted molar refractivity (Wildman–Crippen MR) is 83.0 cm³/mol. The number of pyridine rings is 1. The molecule has 1 aromatic heterocycles. The third kappa shape index (κ3) is 2.61. The second-order valence-electron chi connectivity index (χ2n) is 5.64. The first-order chi connectivity index (χ1) is 11.5. The SMILES string of the molecule is Cc1ccc[n+](C2C(=O)NC(O)=C(C#N)C2c2ccccc2F)c1. The Bertz CT molecular complexity index is 886. The van der Waals surface area contributed by atoms with Gasteiger partial charge in [-0.15, -0.1) is 0 Å². The minimum atomic E-state index is -0.920. The van der Waals surface area contributed by atoms with E-state index < -0.39 is 29.6 Å². The molecule has 2 N–H and O–H groups in total. The molecule has 1 amide bonds. The monoisotopic (exact) mass is 324 g/mol. The fourth-order valence-corrected chi connectivity index (χ4v) is 2.99. The van der Waals surface area contributed by atoms with Gasteiger partial charge in [0, 0.05) is 17.2 Å². The van der Waals surface area contributed by atoms with E-state index in [9.17, 15) is 19.6 Å². The number of aromatic nitrogens is 1. The Balaban J connectivity index is 2.24. The number of hydrogen-bond donors (Lipinski definition) is 2. The van der Waals surface area contributed by atoms with Crippen LogP contribution in [0.15, 0.2) is 60.2 Å². The van der Waals surface area contributed by atoms with Gasteiger partial charge in [0.05, 0.1) is 5.92 Å². The first-order valence-electron chi connectivity index (χ1n) is 7.39. The Morgan fingerprint density at radius 2 is 2.04 bits per heavy atom. The number of rotatable bonds is 2. The molecule has 0 fully saturated rings. The van der Waals surface area contributed by atoms with Gasteiger partial charge in [0.25, 0.3) is 5.91 Å². The van der Waals surface area contributed by atoms with Crippen molar-refractivity contribution < 1.29 is 18.9 Å². The highest BCUT2D eigenvalue weighted by Crippen LogP contribution is 2.37. The van der Waals surface area contributed by atoms with Gasteiger partial charge in [-0.1, -0.05) is 18.2 Å². The van der Waals surface area contributed by atoms with Crippen LogP contribution in [0.4, 0.5) is 4.39 Å².